The molecule has 16 heavy (non-hydrogen) atoms. The number of ether oxygens (including phenoxy) is 1. The van der Waals surface area contributed by atoms with Gasteiger partial charge in [0.25, 0.3) is 0 Å². The maximum Gasteiger partial charge on any atom is 0.411 e. The molecule has 0 aromatic carbocycles. The quantitative estimate of drug-likeness (QED) is 0.717. The van der Waals surface area contributed by atoms with Crippen molar-refractivity contribution in [2.75, 3.05) is 13.2 Å². The van der Waals surface area contributed by atoms with Gasteiger partial charge in [0.15, 0.2) is 0 Å². The lowest BCUT2D eigenvalue weighted by Gasteiger charge is -2.11. The van der Waals surface area contributed by atoms with Gasteiger partial charge in [0.1, 0.15) is 6.61 Å². The molecule has 1 aromatic rings. The SMILES string of the molecule is FC(F)(F)COCC(Cl)c1cc(Cl)sc1Cl. The van der Waals surface area contributed by atoms with Gasteiger partial charge in [-0.3, -0.25) is 0 Å². The van der Waals surface area contributed by atoms with E-state index in [2.05, 4.69) is 4.74 Å². The molecule has 0 aliphatic heterocycles. The highest BCUT2D eigenvalue weighted by Crippen LogP contribution is 2.37. The van der Waals surface area contributed by atoms with Gasteiger partial charge < -0.3 is 4.74 Å². The third-order valence-corrected chi connectivity index (χ3v) is 3.43. The predicted octanol–water partition coefficient (Wildman–Crippen LogP) is 4.91. The highest BCUT2D eigenvalue weighted by molar-refractivity contribution is 7.20. The molecule has 1 heterocycles. The van der Waals surface area contributed by atoms with Crippen molar-refractivity contribution in [1.82, 2.24) is 0 Å². The first-order valence-electron chi connectivity index (χ1n) is 4.03. The Hall–Kier alpha value is 0.320. The highest BCUT2D eigenvalue weighted by Gasteiger charge is 2.28. The van der Waals surface area contributed by atoms with Crippen molar-refractivity contribution in [2.24, 2.45) is 0 Å². The van der Waals surface area contributed by atoms with Crippen molar-refractivity contribution in [3.63, 3.8) is 0 Å². The van der Waals surface area contributed by atoms with Gasteiger partial charge in [-0.05, 0) is 6.07 Å². The lowest BCUT2D eigenvalue weighted by Crippen LogP contribution is -2.18. The van der Waals surface area contributed by atoms with Crippen LogP contribution in [0, 0.1) is 0 Å². The maximum atomic E-state index is 11.8. The van der Waals surface area contributed by atoms with Gasteiger partial charge in [0.05, 0.1) is 20.7 Å². The largest absolute Gasteiger partial charge is 0.411 e. The van der Waals surface area contributed by atoms with Crippen LogP contribution >= 0.6 is 46.1 Å². The normalized spacial score (nSPS) is 14.1. The Kier molecular flexibility index (Phi) is 5.19. The Balaban J connectivity index is 2.47. The van der Waals surface area contributed by atoms with E-state index >= 15 is 0 Å². The number of halogens is 6. The summed E-state index contributed by atoms with van der Waals surface area (Å²) in [6, 6.07) is 1.52. The van der Waals surface area contributed by atoms with Crippen molar-refractivity contribution < 1.29 is 17.9 Å². The molecule has 0 bridgehead atoms. The second kappa shape index (κ2) is 5.78. The Morgan fingerprint density at radius 1 is 1.38 bits per heavy atom. The van der Waals surface area contributed by atoms with Crippen molar-refractivity contribution in [2.45, 2.75) is 11.6 Å². The van der Waals surface area contributed by atoms with E-state index in [0.29, 0.717) is 14.2 Å². The first kappa shape index (κ1) is 14.4. The van der Waals surface area contributed by atoms with Gasteiger partial charge in [-0.25, -0.2) is 0 Å². The van der Waals surface area contributed by atoms with Crippen molar-refractivity contribution >= 4 is 46.1 Å². The minimum atomic E-state index is -4.35. The maximum absolute atomic E-state index is 11.8. The van der Waals surface area contributed by atoms with Crippen LogP contribution in [-0.2, 0) is 4.74 Å². The van der Waals surface area contributed by atoms with E-state index in [1.807, 2.05) is 0 Å². The van der Waals surface area contributed by atoms with Gasteiger partial charge in [0.2, 0.25) is 0 Å². The van der Waals surface area contributed by atoms with Crippen LogP contribution in [0.5, 0.6) is 0 Å². The Morgan fingerprint density at radius 2 is 2.00 bits per heavy atom. The zero-order valence-corrected chi connectivity index (χ0v) is 10.7. The van der Waals surface area contributed by atoms with E-state index in [-0.39, 0.29) is 6.61 Å². The summed E-state index contributed by atoms with van der Waals surface area (Å²) in [5, 5.41) is -0.737. The van der Waals surface area contributed by atoms with Crippen LogP contribution < -0.4 is 0 Å². The fraction of sp³-hybridized carbons (Fsp3) is 0.500. The van der Waals surface area contributed by atoms with Crippen LogP contribution in [0.4, 0.5) is 13.2 Å². The summed E-state index contributed by atoms with van der Waals surface area (Å²) in [6.45, 7) is -1.60. The molecule has 0 saturated heterocycles. The van der Waals surface area contributed by atoms with Crippen molar-refractivity contribution in [3.8, 4) is 0 Å². The summed E-state index contributed by atoms with van der Waals surface area (Å²) >= 11 is 18.4. The third kappa shape index (κ3) is 4.67. The van der Waals surface area contributed by atoms with E-state index in [9.17, 15) is 13.2 Å². The molecule has 0 saturated carbocycles. The molecule has 1 unspecified atom stereocenters. The van der Waals surface area contributed by atoms with Crippen molar-refractivity contribution in [1.29, 1.82) is 0 Å². The van der Waals surface area contributed by atoms with Gasteiger partial charge in [-0.15, -0.1) is 22.9 Å². The first-order chi connectivity index (χ1) is 7.29. The van der Waals surface area contributed by atoms with Crippen LogP contribution in [0.25, 0.3) is 0 Å². The Labute approximate surface area is 109 Å². The van der Waals surface area contributed by atoms with E-state index in [0.717, 1.165) is 11.3 Å². The molecule has 1 rings (SSSR count). The van der Waals surface area contributed by atoms with Crippen molar-refractivity contribution in [3.05, 3.63) is 20.3 Å². The standard InChI is InChI=1S/C8H6Cl3F3OS/c9-5(2-15-3-8(12,13)14)4-1-6(10)16-7(4)11/h1,5H,2-3H2. The predicted molar refractivity (Wildman–Crippen MR) is 59.8 cm³/mol. The lowest BCUT2D eigenvalue weighted by molar-refractivity contribution is -0.173. The molecular weight excluding hydrogens is 308 g/mol. The Morgan fingerprint density at radius 3 is 2.44 bits per heavy atom. The van der Waals surface area contributed by atoms with Crippen LogP contribution in [0.2, 0.25) is 8.67 Å². The smallest absolute Gasteiger partial charge is 0.370 e. The fourth-order valence-corrected chi connectivity index (χ4v) is 2.90. The van der Waals surface area contributed by atoms with E-state index in [4.69, 9.17) is 34.8 Å². The molecule has 1 aromatic heterocycles. The summed E-state index contributed by atoms with van der Waals surface area (Å²) in [7, 11) is 0. The van der Waals surface area contributed by atoms with Gasteiger partial charge >= 0.3 is 6.18 Å². The average molecular weight is 314 g/mol. The summed E-state index contributed by atoms with van der Waals surface area (Å²) in [5.74, 6) is 0. The monoisotopic (exact) mass is 312 g/mol. The molecule has 0 aliphatic carbocycles. The molecule has 1 nitrogen and oxygen atoms in total. The van der Waals surface area contributed by atoms with Crippen LogP contribution in [-0.4, -0.2) is 19.4 Å². The molecule has 0 N–H and O–H groups in total. The minimum absolute atomic E-state index is 0.270. The summed E-state index contributed by atoms with van der Waals surface area (Å²) < 4.78 is 40.6. The summed E-state index contributed by atoms with van der Waals surface area (Å²) in [6.07, 6.45) is -4.35. The van der Waals surface area contributed by atoms with E-state index in [1.165, 1.54) is 6.07 Å². The summed E-state index contributed by atoms with van der Waals surface area (Å²) in [4.78, 5) is 0. The molecule has 0 spiro atoms. The number of alkyl halides is 4. The van der Waals surface area contributed by atoms with Crippen LogP contribution in [0.15, 0.2) is 6.07 Å². The molecule has 0 amide bonds. The second-order valence-corrected chi connectivity index (χ2v) is 5.69. The van der Waals surface area contributed by atoms with Crippen LogP contribution in [0.3, 0.4) is 0 Å². The molecule has 0 aliphatic rings. The first-order valence-corrected chi connectivity index (χ1v) is 6.04. The zero-order valence-electron chi connectivity index (χ0n) is 7.65. The number of hydrogen-bond acceptors (Lipinski definition) is 2. The number of thiophene rings is 1. The molecule has 1 atom stereocenters. The number of rotatable bonds is 4. The van der Waals surface area contributed by atoms with E-state index in [1.54, 1.807) is 0 Å². The minimum Gasteiger partial charge on any atom is -0.370 e. The fourth-order valence-electron chi connectivity index (χ4n) is 0.934. The Bertz CT molecular complexity index is 353. The zero-order chi connectivity index (χ0) is 12.3. The highest BCUT2D eigenvalue weighted by atomic mass is 35.5. The van der Waals surface area contributed by atoms with Gasteiger partial charge in [-0.1, -0.05) is 23.2 Å². The molecule has 0 fully saturated rings. The molecular formula is C8H6Cl3F3OS. The molecule has 92 valence electrons. The van der Waals surface area contributed by atoms with Crippen LogP contribution in [0.1, 0.15) is 10.9 Å². The van der Waals surface area contributed by atoms with Gasteiger partial charge in [-0.2, -0.15) is 13.2 Å². The summed E-state index contributed by atoms with van der Waals surface area (Å²) in [5.41, 5.74) is 0.487. The average Bonchev–Trinajstić information content (AvgIpc) is 2.43. The topological polar surface area (TPSA) is 9.23 Å². The van der Waals surface area contributed by atoms with E-state index < -0.39 is 18.2 Å². The third-order valence-electron chi connectivity index (χ3n) is 1.55. The molecule has 0 radical (unpaired) electrons. The second-order valence-electron chi connectivity index (χ2n) is 2.88. The number of hydrogen-bond donors (Lipinski definition) is 0. The lowest BCUT2D eigenvalue weighted by atomic mass is 10.2. The van der Waals surface area contributed by atoms with Gasteiger partial charge in [0, 0.05) is 5.56 Å². The molecule has 8 heteroatoms.